The smallest absolute Gasteiger partial charge is 0.338 e. The van der Waals surface area contributed by atoms with Gasteiger partial charge in [-0.2, -0.15) is 0 Å². The van der Waals surface area contributed by atoms with Gasteiger partial charge in [-0.1, -0.05) is 11.6 Å². The third kappa shape index (κ3) is 3.08. The standard InChI is InChI=1S/C13H15ClN2O5/c1-7-6-21-8(2)5-15(7)12-10(13(17)18)3-9(16(19)20)4-11(12)14/h3-4,7-8H,5-6H2,1-2H3,(H,17,18). The molecule has 0 radical (unpaired) electrons. The molecule has 0 amide bonds. The number of carboxylic acids is 1. The summed E-state index contributed by atoms with van der Waals surface area (Å²) in [6.45, 7) is 4.67. The average Bonchev–Trinajstić information content (AvgIpc) is 2.40. The highest BCUT2D eigenvalue weighted by Crippen LogP contribution is 2.36. The Morgan fingerprint density at radius 1 is 1.52 bits per heavy atom. The number of nitrogens with zero attached hydrogens (tertiary/aromatic N) is 2. The summed E-state index contributed by atoms with van der Waals surface area (Å²) in [5.41, 5.74) is -0.206. The van der Waals surface area contributed by atoms with Gasteiger partial charge in [0.05, 0.1) is 33.9 Å². The Hall–Kier alpha value is -1.86. The van der Waals surface area contributed by atoms with Crippen molar-refractivity contribution in [2.24, 2.45) is 0 Å². The van der Waals surface area contributed by atoms with Crippen molar-refractivity contribution in [1.82, 2.24) is 0 Å². The summed E-state index contributed by atoms with van der Waals surface area (Å²) >= 11 is 6.12. The first-order chi connectivity index (χ1) is 9.81. The van der Waals surface area contributed by atoms with E-state index in [9.17, 15) is 20.0 Å². The minimum absolute atomic E-state index is 0.0579. The van der Waals surface area contributed by atoms with Crippen molar-refractivity contribution in [1.29, 1.82) is 0 Å². The number of morpholine rings is 1. The van der Waals surface area contributed by atoms with E-state index in [-0.39, 0.29) is 28.4 Å². The van der Waals surface area contributed by atoms with Gasteiger partial charge in [-0.05, 0) is 13.8 Å². The summed E-state index contributed by atoms with van der Waals surface area (Å²) < 4.78 is 5.50. The molecule has 1 heterocycles. The van der Waals surface area contributed by atoms with E-state index in [1.165, 1.54) is 6.07 Å². The summed E-state index contributed by atoms with van der Waals surface area (Å²) in [6.07, 6.45) is -0.0749. The van der Waals surface area contributed by atoms with Gasteiger partial charge >= 0.3 is 5.97 Å². The molecule has 0 spiro atoms. The van der Waals surface area contributed by atoms with Crippen LogP contribution in [0.4, 0.5) is 11.4 Å². The molecule has 1 fully saturated rings. The van der Waals surface area contributed by atoms with E-state index in [2.05, 4.69) is 0 Å². The van der Waals surface area contributed by atoms with Crippen LogP contribution in [0, 0.1) is 10.1 Å². The van der Waals surface area contributed by atoms with Crippen LogP contribution >= 0.6 is 11.6 Å². The highest BCUT2D eigenvalue weighted by atomic mass is 35.5. The van der Waals surface area contributed by atoms with Crippen LogP contribution in [0.2, 0.25) is 5.02 Å². The number of ether oxygens (including phenoxy) is 1. The zero-order valence-corrected chi connectivity index (χ0v) is 12.3. The van der Waals surface area contributed by atoms with Crippen molar-refractivity contribution in [3.8, 4) is 0 Å². The lowest BCUT2D eigenvalue weighted by Crippen LogP contribution is -2.48. The Balaban J connectivity index is 2.56. The number of carboxylic acid groups (broad SMARTS) is 1. The highest BCUT2D eigenvalue weighted by molar-refractivity contribution is 6.34. The van der Waals surface area contributed by atoms with Crippen LogP contribution in [0.5, 0.6) is 0 Å². The normalized spacial score (nSPS) is 22.1. The predicted molar refractivity (Wildman–Crippen MR) is 77.3 cm³/mol. The van der Waals surface area contributed by atoms with Crippen LogP contribution in [0.3, 0.4) is 0 Å². The second-order valence-corrected chi connectivity index (χ2v) is 5.44. The van der Waals surface area contributed by atoms with Gasteiger partial charge in [-0.25, -0.2) is 4.79 Å². The maximum atomic E-state index is 11.4. The monoisotopic (exact) mass is 314 g/mol. The first-order valence-electron chi connectivity index (χ1n) is 6.40. The molecule has 1 aliphatic rings. The summed E-state index contributed by atoms with van der Waals surface area (Å²) in [6, 6.07) is 2.14. The molecule has 21 heavy (non-hydrogen) atoms. The van der Waals surface area contributed by atoms with Crippen LogP contribution in [-0.2, 0) is 4.74 Å². The molecule has 2 unspecified atom stereocenters. The quantitative estimate of drug-likeness (QED) is 0.681. The highest BCUT2D eigenvalue weighted by Gasteiger charge is 2.30. The van der Waals surface area contributed by atoms with Crippen molar-refractivity contribution in [3.05, 3.63) is 32.8 Å². The molecule has 1 aromatic carbocycles. The molecular formula is C13H15ClN2O5. The minimum Gasteiger partial charge on any atom is -0.478 e. The Bertz CT molecular complexity index is 592. The SMILES string of the molecule is CC1CN(c2c(Cl)cc([N+](=O)[O-])cc2C(=O)O)C(C)CO1. The number of benzene rings is 1. The molecule has 1 N–H and O–H groups in total. The van der Waals surface area contributed by atoms with E-state index >= 15 is 0 Å². The van der Waals surface area contributed by atoms with Crippen molar-refractivity contribution in [2.75, 3.05) is 18.1 Å². The molecule has 2 atom stereocenters. The van der Waals surface area contributed by atoms with Gasteiger partial charge in [0.1, 0.15) is 0 Å². The van der Waals surface area contributed by atoms with E-state index in [1.54, 1.807) is 0 Å². The number of rotatable bonds is 3. The summed E-state index contributed by atoms with van der Waals surface area (Å²) in [7, 11) is 0. The number of carbonyl (C=O) groups is 1. The largest absolute Gasteiger partial charge is 0.478 e. The van der Waals surface area contributed by atoms with Gasteiger partial charge in [0, 0.05) is 24.7 Å². The second-order valence-electron chi connectivity index (χ2n) is 5.03. The lowest BCUT2D eigenvalue weighted by Gasteiger charge is -2.39. The number of aromatic carboxylic acids is 1. The molecule has 0 aliphatic carbocycles. The van der Waals surface area contributed by atoms with E-state index in [4.69, 9.17) is 16.3 Å². The zero-order valence-electron chi connectivity index (χ0n) is 11.6. The van der Waals surface area contributed by atoms with Crippen LogP contribution < -0.4 is 4.90 Å². The molecule has 1 saturated heterocycles. The lowest BCUT2D eigenvalue weighted by atomic mass is 10.1. The molecule has 7 nitrogen and oxygen atoms in total. The van der Waals surface area contributed by atoms with E-state index in [1.807, 2.05) is 18.7 Å². The molecule has 0 saturated carbocycles. The van der Waals surface area contributed by atoms with Crippen LogP contribution in [-0.4, -0.2) is 41.3 Å². The number of halogens is 1. The maximum absolute atomic E-state index is 11.4. The second kappa shape index (κ2) is 5.87. The lowest BCUT2D eigenvalue weighted by molar-refractivity contribution is -0.384. The maximum Gasteiger partial charge on any atom is 0.338 e. The molecular weight excluding hydrogens is 300 g/mol. The van der Waals surface area contributed by atoms with Crippen LogP contribution in [0.15, 0.2) is 12.1 Å². The van der Waals surface area contributed by atoms with E-state index in [0.29, 0.717) is 18.8 Å². The minimum atomic E-state index is -1.25. The number of hydrogen-bond donors (Lipinski definition) is 1. The first kappa shape index (κ1) is 15.5. The Kier molecular flexibility index (Phi) is 4.34. The van der Waals surface area contributed by atoms with Crippen molar-refractivity contribution >= 4 is 28.9 Å². The molecule has 0 aromatic heterocycles. The third-order valence-corrected chi connectivity index (χ3v) is 3.67. The van der Waals surface area contributed by atoms with Crippen molar-refractivity contribution in [2.45, 2.75) is 26.0 Å². The topological polar surface area (TPSA) is 92.9 Å². The van der Waals surface area contributed by atoms with Crippen LogP contribution in [0.25, 0.3) is 0 Å². The van der Waals surface area contributed by atoms with Gasteiger partial charge in [0.2, 0.25) is 0 Å². The zero-order chi connectivity index (χ0) is 15.7. The molecule has 1 aliphatic heterocycles. The predicted octanol–water partition coefficient (Wildman–Crippen LogP) is 2.56. The third-order valence-electron chi connectivity index (χ3n) is 3.38. The Morgan fingerprint density at radius 2 is 2.19 bits per heavy atom. The summed E-state index contributed by atoms with van der Waals surface area (Å²) in [5.74, 6) is -1.25. The van der Waals surface area contributed by atoms with Gasteiger partial charge in [0.15, 0.2) is 0 Å². The fourth-order valence-electron chi connectivity index (χ4n) is 2.36. The van der Waals surface area contributed by atoms with E-state index < -0.39 is 10.9 Å². The fraction of sp³-hybridized carbons (Fsp3) is 0.462. The van der Waals surface area contributed by atoms with Gasteiger partial charge in [-0.15, -0.1) is 0 Å². The number of nitro groups is 1. The van der Waals surface area contributed by atoms with E-state index in [0.717, 1.165) is 6.07 Å². The van der Waals surface area contributed by atoms with Crippen molar-refractivity contribution < 1.29 is 19.6 Å². The summed E-state index contributed by atoms with van der Waals surface area (Å²) in [4.78, 5) is 23.5. The first-order valence-corrected chi connectivity index (χ1v) is 6.78. The molecule has 2 rings (SSSR count). The fourth-order valence-corrected chi connectivity index (χ4v) is 2.68. The molecule has 0 bridgehead atoms. The number of hydrogen-bond acceptors (Lipinski definition) is 5. The summed E-state index contributed by atoms with van der Waals surface area (Å²) in [5, 5.41) is 20.3. The van der Waals surface area contributed by atoms with Crippen molar-refractivity contribution in [3.63, 3.8) is 0 Å². The van der Waals surface area contributed by atoms with Crippen LogP contribution in [0.1, 0.15) is 24.2 Å². The van der Waals surface area contributed by atoms with Gasteiger partial charge < -0.3 is 14.7 Å². The Morgan fingerprint density at radius 3 is 2.76 bits per heavy atom. The molecule has 1 aromatic rings. The van der Waals surface area contributed by atoms with Gasteiger partial charge in [-0.3, -0.25) is 10.1 Å². The molecule has 8 heteroatoms. The Labute approximate surface area is 126 Å². The van der Waals surface area contributed by atoms with Gasteiger partial charge in [0.25, 0.3) is 5.69 Å². The number of anilines is 1. The molecule has 114 valence electrons. The average molecular weight is 315 g/mol. The number of nitro benzene ring substituents is 1. The number of non-ortho nitro benzene ring substituents is 1.